The Hall–Kier alpha value is -1.11. The van der Waals surface area contributed by atoms with Crippen LogP contribution in [0.3, 0.4) is 0 Å². The lowest BCUT2D eigenvalue weighted by Gasteiger charge is -2.42. The van der Waals surface area contributed by atoms with E-state index in [0.29, 0.717) is 5.57 Å². The monoisotopic (exact) mass is 222 g/mol. The standard InChI is InChI=1S/C13H18O3/c1-9-7-11(15)8-12(3,4)13(9,16)6-5-10(2)14/h7,10,14,16H,8H2,1-4H3/t10-,13-/m1/s1. The summed E-state index contributed by atoms with van der Waals surface area (Å²) in [6.07, 6.45) is 0.905. The van der Waals surface area contributed by atoms with E-state index in [4.69, 9.17) is 5.11 Å². The van der Waals surface area contributed by atoms with E-state index in [2.05, 4.69) is 11.8 Å². The van der Waals surface area contributed by atoms with Gasteiger partial charge in [-0.1, -0.05) is 25.7 Å². The van der Waals surface area contributed by atoms with Crippen LogP contribution in [0.2, 0.25) is 0 Å². The molecule has 0 spiro atoms. The highest BCUT2D eigenvalue weighted by Gasteiger charge is 2.47. The van der Waals surface area contributed by atoms with Crippen LogP contribution in [0.25, 0.3) is 0 Å². The Kier molecular flexibility index (Phi) is 3.27. The van der Waals surface area contributed by atoms with Crippen LogP contribution >= 0.6 is 0 Å². The maximum atomic E-state index is 11.4. The van der Waals surface area contributed by atoms with Crippen molar-refractivity contribution in [3.05, 3.63) is 11.6 Å². The van der Waals surface area contributed by atoms with Crippen LogP contribution in [0, 0.1) is 17.3 Å². The van der Waals surface area contributed by atoms with Crippen LogP contribution < -0.4 is 0 Å². The molecule has 0 amide bonds. The van der Waals surface area contributed by atoms with Crippen molar-refractivity contribution in [3.63, 3.8) is 0 Å². The van der Waals surface area contributed by atoms with E-state index in [1.54, 1.807) is 20.8 Å². The zero-order valence-corrected chi connectivity index (χ0v) is 10.2. The van der Waals surface area contributed by atoms with Gasteiger partial charge in [0.05, 0.1) is 0 Å². The number of ketones is 1. The van der Waals surface area contributed by atoms with Gasteiger partial charge >= 0.3 is 0 Å². The first-order chi connectivity index (χ1) is 7.19. The van der Waals surface area contributed by atoms with E-state index in [1.165, 1.54) is 13.0 Å². The van der Waals surface area contributed by atoms with Crippen molar-refractivity contribution < 1.29 is 15.0 Å². The van der Waals surface area contributed by atoms with Crippen molar-refractivity contribution in [2.45, 2.75) is 45.8 Å². The Bertz CT molecular complexity index is 393. The summed E-state index contributed by atoms with van der Waals surface area (Å²) >= 11 is 0. The molecule has 1 aliphatic carbocycles. The fourth-order valence-corrected chi connectivity index (χ4v) is 1.97. The fraction of sp³-hybridized carbons (Fsp3) is 0.615. The summed E-state index contributed by atoms with van der Waals surface area (Å²) in [5.41, 5.74) is -1.43. The third kappa shape index (κ3) is 2.18. The topological polar surface area (TPSA) is 57.5 Å². The Morgan fingerprint density at radius 3 is 2.50 bits per heavy atom. The molecule has 3 nitrogen and oxygen atoms in total. The van der Waals surface area contributed by atoms with Crippen LogP contribution in [-0.2, 0) is 4.79 Å². The van der Waals surface area contributed by atoms with Crippen molar-refractivity contribution in [3.8, 4) is 11.8 Å². The highest BCUT2D eigenvalue weighted by molar-refractivity contribution is 5.93. The second kappa shape index (κ2) is 4.04. The Labute approximate surface area is 96.2 Å². The molecule has 1 rings (SSSR count). The second-order valence-electron chi connectivity index (χ2n) is 5.01. The van der Waals surface area contributed by atoms with Crippen LogP contribution in [0.4, 0.5) is 0 Å². The average Bonchev–Trinajstić information content (AvgIpc) is 2.10. The van der Waals surface area contributed by atoms with Gasteiger partial charge in [0.2, 0.25) is 0 Å². The molecule has 0 heterocycles. The van der Waals surface area contributed by atoms with Gasteiger partial charge in [-0.2, -0.15) is 0 Å². The molecule has 0 aromatic rings. The van der Waals surface area contributed by atoms with E-state index in [0.717, 1.165) is 0 Å². The first-order valence-corrected chi connectivity index (χ1v) is 5.34. The van der Waals surface area contributed by atoms with E-state index in [1.807, 2.05) is 0 Å². The number of allylic oxidation sites excluding steroid dienone is 1. The van der Waals surface area contributed by atoms with Gasteiger partial charge < -0.3 is 10.2 Å². The summed E-state index contributed by atoms with van der Waals surface area (Å²) < 4.78 is 0. The maximum absolute atomic E-state index is 11.4. The Balaban J connectivity index is 3.24. The summed E-state index contributed by atoms with van der Waals surface area (Å²) in [4.78, 5) is 11.4. The number of hydrogen-bond acceptors (Lipinski definition) is 3. The van der Waals surface area contributed by atoms with E-state index in [-0.39, 0.29) is 12.2 Å². The molecule has 0 aliphatic heterocycles. The van der Waals surface area contributed by atoms with E-state index < -0.39 is 17.1 Å². The average molecular weight is 222 g/mol. The predicted octanol–water partition coefficient (Wildman–Crippen LogP) is 1.05. The minimum absolute atomic E-state index is 0.00558. The summed E-state index contributed by atoms with van der Waals surface area (Å²) in [7, 11) is 0. The summed E-state index contributed by atoms with van der Waals surface area (Å²) in [5, 5.41) is 19.7. The van der Waals surface area contributed by atoms with E-state index >= 15 is 0 Å². The predicted molar refractivity (Wildman–Crippen MR) is 61.6 cm³/mol. The molecule has 0 fully saturated rings. The lowest BCUT2D eigenvalue weighted by molar-refractivity contribution is -0.121. The van der Waals surface area contributed by atoms with Crippen LogP contribution in [-0.4, -0.2) is 27.7 Å². The lowest BCUT2D eigenvalue weighted by atomic mass is 9.65. The summed E-state index contributed by atoms with van der Waals surface area (Å²) in [5.74, 6) is 5.26. The molecule has 16 heavy (non-hydrogen) atoms. The largest absolute Gasteiger partial charge is 0.381 e. The van der Waals surface area contributed by atoms with Gasteiger partial charge in [-0.15, -0.1) is 0 Å². The number of rotatable bonds is 0. The zero-order chi connectivity index (χ0) is 12.6. The number of hydrogen-bond donors (Lipinski definition) is 2. The van der Waals surface area contributed by atoms with Gasteiger partial charge in [-0.25, -0.2) is 0 Å². The van der Waals surface area contributed by atoms with Crippen molar-refractivity contribution in [1.82, 2.24) is 0 Å². The van der Waals surface area contributed by atoms with Crippen LogP contribution in [0.15, 0.2) is 11.6 Å². The van der Waals surface area contributed by atoms with Gasteiger partial charge in [0.25, 0.3) is 0 Å². The third-order valence-corrected chi connectivity index (χ3v) is 3.01. The Morgan fingerprint density at radius 2 is 2.06 bits per heavy atom. The van der Waals surface area contributed by atoms with Gasteiger partial charge in [0, 0.05) is 11.8 Å². The van der Waals surface area contributed by atoms with Crippen LogP contribution in [0.5, 0.6) is 0 Å². The minimum Gasteiger partial charge on any atom is -0.381 e. The van der Waals surface area contributed by atoms with Crippen molar-refractivity contribution in [2.24, 2.45) is 5.41 Å². The van der Waals surface area contributed by atoms with E-state index in [9.17, 15) is 9.90 Å². The summed E-state index contributed by atoms with van der Waals surface area (Å²) in [6, 6.07) is 0. The molecule has 0 unspecified atom stereocenters. The zero-order valence-electron chi connectivity index (χ0n) is 10.2. The number of carbonyl (C=O) groups excluding carboxylic acids is 1. The molecule has 0 saturated heterocycles. The first kappa shape index (κ1) is 13.0. The van der Waals surface area contributed by atoms with Gasteiger partial charge in [0.15, 0.2) is 11.4 Å². The SMILES string of the molecule is CC1=CC(=O)CC(C)(C)[C@@]1(O)C#C[C@@H](C)O. The molecule has 0 aromatic carbocycles. The van der Waals surface area contributed by atoms with Gasteiger partial charge in [-0.3, -0.25) is 4.79 Å². The van der Waals surface area contributed by atoms with Crippen molar-refractivity contribution in [1.29, 1.82) is 0 Å². The highest BCUT2D eigenvalue weighted by atomic mass is 16.3. The molecule has 88 valence electrons. The molecule has 3 heteroatoms. The molecule has 0 bridgehead atoms. The number of aliphatic hydroxyl groups excluding tert-OH is 1. The van der Waals surface area contributed by atoms with Gasteiger partial charge in [0.1, 0.15) is 6.10 Å². The maximum Gasteiger partial charge on any atom is 0.156 e. The molecular weight excluding hydrogens is 204 g/mol. The third-order valence-electron chi connectivity index (χ3n) is 3.01. The smallest absolute Gasteiger partial charge is 0.156 e. The van der Waals surface area contributed by atoms with Crippen molar-refractivity contribution in [2.75, 3.05) is 0 Å². The van der Waals surface area contributed by atoms with Gasteiger partial charge in [-0.05, 0) is 25.5 Å². The fourth-order valence-electron chi connectivity index (χ4n) is 1.97. The van der Waals surface area contributed by atoms with Crippen LogP contribution in [0.1, 0.15) is 34.1 Å². The number of aliphatic hydroxyl groups is 2. The molecule has 0 aromatic heterocycles. The van der Waals surface area contributed by atoms with Crippen molar-refractivity contribution >= 4 is 5.78 Å². The minimum atomic E-state index is -1.34. The second-order valence-corrected chi connectivity index (χ2v) is 5.01. The lowest BCUT2D eigenvalue weighted by Crippen LogP contribution is -2.48. The number of carbonyl (C=O) groups is 1. The normalized spacial score (nSPS) is 30.1. The molecule has 2 atom stereocenters. The molecule has 0 radical (unpaired) electrons. The summed E-state index contributed by atoms with van der Waals surface area (Å²) in [6.45, 7) is 6.84. The highest BCUT2D eigenvalue weighted by Crippen LogP contribution is 2.42. The first-order valence-electron chi connectivity index (χ1n) is 5.34. The molecular formula is C13H18O3. The Morgan fingerprint density at radius 1 is 1.50 bits per heavy atom. The molecule has 2 N–H and O–H groups in total. The molecule has 0 saturated carbocycles. The molecule has 1 aliphatic rings. The quantitative estimate of drug-likeness (QED) is 0.602.